The van der Waals surface area contributed by atoms with E-state index >= 15 is 0 Å². The number of hydrogen-bond acceptors (Lipinski definition) is 5. The van der Waals surface area contributed by atoms with Gasteiger partial charge in [0.1, 0.15) is 11.9 Å². The smallest absolute Gasteiger partial charge is 0.128 e. The third-order valence-electron chi connectivity index (χ3n) is 4.94. The molecule has 0 saturated heterocycles. The van der Waals surface area contributed by atoms with Crippen LogP contribution in [0.1, 0.15) is 11.7 Å². The van der Waals surface area contributed by atoms with Gasteiger partial charge in [0, 0.05) is 42.3 Å². The SMILES string of the molecule is COc1ccc(C2N(C)c3cc(N(C)C)c(N(C)C)cc3N2C)cc1. The molecule has 2 aromatic rings. The second-order valence-corrected chi connectivity index (χ2v) is 6.99. The van der Waals surface area contributed by atoms with Crippen molar-refractivity contribution in [3.63, 3.8) is 0 Å². The average molecular weight is 340 g/mol. The van der Waals surface area contributed by atoms with Gasteiger partial charge in [-0.2, -0.15) is 0 Å². The summed E-state index contributed by atoms with van der Waals surface area (Å²) in [7, 11) is 14.4. The third kappa shape index (κ3) is 2.84. The Labute approximate surface area is 151 Å². The van der Waals surface area contributed by atoms with E-state index in [1.165, 1.54) is 28.3 Å². The van der Waals surface area contributed by atoms with Gasteiger partial charge >= 0.3 is 0 Å². The van der Waals surface area contributed by atoms with Crippen LogP contribution >= 0.6 is 0 Å². The van der Waals surface area contributed by atoms with Crippen LogP contribution in [0, 0.1) is 0 Å². The maximum atomic E-state index is 5.29. The van der Waals surface area contributed by atoms with Gasteiger partial charge in [-0.3, -0.25) is 0 Å². The summed E-state index contributed by atoms with van der Waals surface area (Å²) < 4.78 is 5.29. The highest BCUT2D eigenvalue weighted by atomic mass is 16.5. The maximum absolute atomic E-state index is 5.29. The highest BCUT2D eigenvalue weighted by Gasteiger charge is 2.33. The number of hydrogen-bond donors (Lipinski definition) is 0. The maximum Gasteiger partial charge on any atom is 0.128 e. The molecule has 2 aromatic carbocycles. The van der Waals surface area contributed by atoms with E-state index in [0.29, 0.717) is 0 Å². The Balaban J connectivity index is 2.06. The largest absolute Gasteiger partial charge is 0.497 e. The number of benzene rings is 2. The lowest BCUT2D eigenvalue weighted by atomic mass is 10.1. The zero-order valence-electron chi connectivity index (χ0n) is 16.2. The van der Waals surface area contributed by atoms with Gasteiger partial charge in [-0.1, -0.05) is 12.1 Å². The first-order valence-corrected chi connectivity index (χ1v) is 8.47. The van der Waals surface area contributed by atoms with Crippen LogP contribution in [0.25, 0.3) is 0 Å². The van der Waals surface area contributed by atoms with Crippen LogP contribution in [0.4, 0.5) is 22.7 Å². The molecule has 1 heterocycles. The predicted octanol–water partition coefficient (Wildman–Crippen LogP) is 3.41. The number of methoxy groups -OCH3 is 1. The molecule has 25 heavy (non-hydrogen) atoms. The molecule has 0 fully saturated rings. The fraction of sp³-hybridized carbons (Fsp3) is 0.400. The lowest BCUT2D eigenvalue weighted by molar-refractivity contribution is 0.414. The molecule has 0 saturated carbocycles. The van der Waals surface area contributed by atoms with Gasteiger partial charge in [0.2, 0.25) is 0 Å². The minimum Gasteiger partial charge on any atom is -0.497 e. The molecule has 0 bridgehead atoms. The first-order valence-electron chi connectivity index (χ1n) is 8.47. The Hall–Kier alpha value is -2.56. The lowest BCUT2D eigenvalue weighted by Crippen LogP contribution is -2.30. The minimum absolute atomic E-state index is 0.174. The molecule has 0 radical (unpaired) electrons. The average Bonchev–Trinajstić information content (AvgIpc) is 2.84. The lowest BCUT2D eigenvalue weighted by Gasteiger charge is -2.28. The Bertz CT molecular complexity index is 714. The van der Waals surface area contributed by atoms with Crippen molar-refractivity contribution in [2.45, 2.75) is 6.17 Å². The van der Waals surface area contributed by atoms with Crippen LogP contribution in [0.15, 0.2) is 36.4 Å². The zero-order valence-corrected chi connectivity index (χ0v) is 16.2. The molecule has 134 valence electrons. The molecular weight excluding hydrogens is 312 g/mol. The molecule has 0 aliphatic carbocycles. The fourth-order valence-corrected chi connectivity index (χ4v) is 3.58. The number of nitrogens with zero attached hydrogens (tertiary/aromatic N) is 4. The quantitative estimate of drug-likeness (QED) is 0.848. The molecule has 1 aliphatic heterocycles. The Morgan fingerprint density at radius 2 is 1.24 bits per heavy atom. The molecule has 5 nitrogen and oxygen atoms in total. The normalized spacial score (nSPS) is 13.9. The zero-order chi connectivity index (χ0) is 18.3. The molecular formula is C20H28N4O. The summed E-state index contributed by atoms with van der Waals surface area (Å²) in [6.45, 7) is 0. The van der Waals surface area contributed by atoms with Crippen LogP contribution in [-0.2, 0) is 0 Å². The third-order valence-corrected chi connectivity index (χ3v) is 4.94. The van der Waals surface area contributed by atoms with Crippen molar-refractivity contribution in [3.8, 4) is 5.75 Å². The Morgan fingerprint density at radius 3 is 1.60 bits per heavy atom. The van der Waals surface area contributed by atoms with Crippen molar-refractivity contribution in [2.75, 3.05) is 69.0 Å². The van der Waals surface area contributed by atoms with Crippen molar-refractivity contribution in [1.82, 2.24) is 0 Å². The van der Waals surface area contributed by atoms with Crippen molar-refractivity contribution < 1.29 is 4.74 Å². The number of ether oxygens (including phenoxy) is 1. The van der Waals surface area contributed by atoms with E-state index in [4.69, 9.17) is 4.74 Å². The molecule has 1 aliphatic rings. The molecule has 3 rings (SSSR count). The highest BCUT2D eigenvalue weighted by molar-refractivity contribution is 5.88. The summed E-state index contributed by atoms with van der Waals surface area (Å²) in [5.74, 6) is 0.884. The van der Waals surface area contributed by atoms with E-state index in [-0.39, 0.29) is 6.17 Å². The van der Waals surface area contributed by atoms with E-state index in [9.17, 15) is 0 Å². The Morgan fingerprint density at radius 1 is 0.800 bits per heavy atom. The molecule has 0 unspecified atom stereocenters. The fourth-order valence-electron chi connectivity index (χ4n) is 3.58. The summed E-state index contributed by atoms with van der Waals surface area (Å²) in [5.41, 5.74) is 6.19. The van der Waals surface area contributed by atoms with Gasteiger partial charge in [0.05, 0.1) is 29.9 Å². The van der Waals surface area contributed by atoms with Crippen molar-refractivity contribution in [3.05, 3.63) is 42.0 Å². The van der Waals surface area contributed by atoms with E-state index in [1.807, 2.05) is 12.1 Å². The molecule has 0 amide bonds. The molecule has 0 atom stereocenters. The van der Waals surface area contributed by atoms with Crippen molar-refractivity contribution >= 4 is 22.7 Å². The van der Waals surface area contributed by atoms with Gasteiger partial charge in [-0.25, -0.2) is 0 Å². The van der Waals surface area contributed by atoms with E-state index in [2.05, 4.69) is 86.2 Å². The van der Waals surface area contributed by atoms with E-state index in [1.54, 1.807) is 7.11 Å². The minimum atomic E-state index is 0.174. The summed E-state index contributed by atoms with van der Waals surface area (Å²) >= 11 is 0. The van der Waals surface area contributed by atoms with Crippen LogP contribution in [0.2, 0.25) is 0 Å². The molecule has 0 N–H and O–H groups in total. The predicted molar refractivity (Wildman–Crippen MR) is 108 cm³/mol. The van der Waals surface area contributed by atoms with Crippen LogP contribution in [0.3, 0.4) is 0 Å². The van der Waals surface area contributed by atoms with Crippen LogP contribution in [-0.4, -0.2) is 49.4 Å². The van der Waals surface area contributed by atoms with E-state index < -0.39 is 0 Å². The monoisotopic (exact) mass is 340 g/mol. The van der Waals surface area contributed by atoms with Gasteiger partial charge in [0.15, 0.2) is 0 Å². The van der Waals surface area contributed by atoms with Crippen molar-refractivity contribution in [1.29, 1.82) is 0 Å². The topological polar surface area (TPSA) is 22.2 Å². The summed E-state index contributed by atoms with van der Waals surface area (Å²) in [6, 6.07) is 12.9. The van der Waals surface area contributed by atoms with Crippen LogP contribution < -0.4 is 24.3 Å². The highest BCUT2D eigenvalue weighted by Crippen LogP contribution is 2.48. The van der Waals surface area contributed by atoms with Gasteiger partial charge in [-0.15, -0.1) is 0 Å². The van der Waals surface area contributed by atoms with E-state index in [0.717, 1.165) is 5.75 Å². The molecule has 0 spiro atoms. The summed E-state index contributed by atoms with van der Waals surface area (Å²) in [5, 5.41) is 0. The standard InChI is InChI=1S/C20H28N4O/c1-21(2)16-12-18-19(13-17(16)22(3)4)24(6)20(23(18)5)14-8-10-15(25-7)11-9-14/h8-13,20H,1-7H3. The number of fused-ring (bicyclic) bond motifs is 1. The second-order valence-electron chi connectivity index (χ2n) is 6.99. The van der Waals surface area contributed by atoms with Crippen molar-refractivity contribution in [2.24, 2.45) is 0 Å². The molecule has 0 aromatic heterocycles. The summed E-state index contributed by atoms with van der Waals surface area (Å²) in [4.78, 5) is 9.02. The number of rotatable bonds is 4. The van der Waals surface area contributed by atoms with Gasteiger partial charge in [0.25, 0.3) is 0 Å². The van der Waals surface area contributed by atoms with Crippen LogP contribution in [0.5, 0.6) is 5.75 Å². The van der Waals surface area contributed by atoms with Gasteiger partial charge < -0.3 is 24.3 Å². The molecule has 5 heteroatoms. The Kier molecular flexibility index (Phi) is 4.41. The first-order chi connectivity index (χ1) is 11.8. The van der Waals surface area contributed by atoms with Gasteiger partial charge in [-0.05, 0) is 29.8 Å². The summed E-state index contributed by atoms with van der Waals surface area (Å²) in [6.07, 6.45) is 0.174. The number of anilines is 4. The second kappa shape index (κ2) is 6.39. The first kappa shape index (κ1) is 17.3.